The molecule has 0 spiro atoms. The van der Waals surface area contributed by atoms with Crippen molar-refractivity contribution in [2.45, 2.75) is 13.0 Å². The van der Waals surface area contributed by atoms with Gasteiger partial charge in [-0.2, -0.15) is 5.10 Å². The first-order chi connectivity index (χ1) is 16.4. The van der Waals surface area contributed by atoms with Gasteiger partial charge >= 0.3 is 6.36 Å². The number of benzene rings is 3. The molecule has 1 amide bonds. The number of carbonyl (C=O) groups is 1. The second-order valence-corrected chi connectivity index (χ2v) is 7.19. The number of nitrogens with zero attached hydrogens (tertiary/aromatic N) is 1. The number of amides is 1. The van der Waals surface area contributed by atoms with Gasteiger partial charge in [-0.25, -0.2) is 0 Å². The fourth-order valence-corrected chi connectivity index (χ4v) is 3.15. The standard InChI is InChI=1S/C24H20F3N3O4/c25-24(26,27)34-18-8-6-17(7-9-18)23(31)28-22-20-11-10-19(14-21(20)29-30-22)33-13-12-32-15-16-4-2-1-3-5-16/h1-11,14H,12-13,15H2,(H2,28,29,30,31). The van der Waals surface area contributed by atoms with Crippen LogP contribution in [0.4, 0.5) is 19.0 Å². The number of fused-ring (bicyclic) bond motifs is 1. The average Bonchev–Trinajstić information content (AvgIpc) is 3.21. The van der Waals surface area contributed by atoms with Crippen LogP contribution in [0.1, 0.15) is 15.9 Å². The SMILES string of the molecule is O=C(Nc1n[nH]c2cc(OCCOCc3ccccc3)ccc12)c1ccc(OC(F)(F)F)cc1. The maximum absolute atomic E-state index is 12.5. The quantitative estimate of drug-likeness (QED) is 0.323. The maximum Gasteiger partial charge on any atom is 0.573 e. The van der Waals surface area contributed by atoms with Crippen LogP contribution in [0.5, 0.6) is 11.5 Å². The predicted molar refractivity (Wildman–Crippen MR) is 119 cm³/mol. The van der Waals surface area contributed by atoms with Gasteiger partial charge in [0, 0.05) is 17.0 Å². The van der Waals surface area contributed by atoms with Crippen molar-refractivity contribution < 1.29 is 32.2 Å². The maximum atomic E-state index is 12.5. The minimum Gasteiger partial charge on any atom is -0.491 e. The number of hydrogen-bond acceptors (Lipinski definition) is 5. The number of rotatable bonds is 9. The molecule has 7 nitrogen and oxygen atoms in total. The predicted octanol–water partition coefficient (Wildman–Crippen LogP) is 5.31. The summed E-state index contributed by atoms with van der Waals surface area (Å²) in [5, 5.41) is 10.2. The molecular formula is C24H20F3N3O4. The van der Waals surface area contributed by atoms with Crippen LogP contribution >= 0.6 is 0 Å². The van der Waals surface area contributed by atoms with Crippen LogP contribution in [-0.2, 0) is 11.3 Å². The molecule has 0 saturated heterocycles. The van der Waals surface area contributed by atoms with Crippen molar-refractivity contribution in [3.63, 3.8) is 0 Å². The average molecular weight is 471 g/mol. The van der Waals surface area contributed by atoms with Crippen LogP contribution in [0.25, 0.3) is 10.9 Å². The van der Waals surface area contributed by atoms with Crippen molar-refractivity contribution in [3.05, 3.63) is 83.9 Å². The lowest BCUT2D eigenvalue weighted by Crippen LogP contribution is -2.17. The third-order valence-electron chi connectivity index (χ3n) is 4.72. The zero-order valence-electron chi connectivity index (χ0n) is 17.8. The van der Waals surface area contributed by atoms with E-state index in [0.29, 0.717) is 36.5 Å². The Morgan fingerprint density at radius 3 is 2.41 bits per heavy atom. The number of hydrogen-bond donors (Lipinski definition) is 2. The lowest BCUT2D eigenvalue weighted by Gasteiger charge is -2.09. The summed E-state index contributed by atoms with van der Waals surface area (Å²) in [4.78, 5) is 12.5. The van der Waals surface area contributed by atoms with Crippen LogP contribution < -0.4 is 14.8 Å². The van der Waals surface area contributed by atoms with Crippen molar-refractivity contribution >= 4 is 22.6 Å². The number of carbonyl (C=O) groups excluding carboxylic acids is 1. The normalized spacial score (nSPS) is 11.4. The Hall–Kier alpha value is -4.05. The van der Waals surface area contributed by atoms with Gasteiger partial charge in [0.1, 0.15) is 18.1 Å². The third kappa shape index (κ3) is 6.26. The van der Waals surface area contributed by atoms with Crippen molar-refractivity contribution in [3.8, 4) is 11.5 Å². The number of anilines is 1. The van der Waals surface area contributed by atoms with Gasteiger partial charge < -0.3 is 19.5 Å². The molecule has 0 radical (unpaired) electrons. The molecule has 176 valence electrons. The number of nitrogens with one attached hydrogen (secondary N) is 2. The Morgan fingerprint density at radius 1 is 0.941 bits per heavy atom. The molecule has 0 saturated carbocycles. The zero-order chi connectivity index (χ0) is 24.0. The summed E-state index contributed by atoms with van der Waals surface area (Å²) in [6.07, 6.45) is -4.80. The van der Waals surface area contributed by atoms with Gasteiger partial charge in [-0.05, 0) is 42.0 Å². The molecule has 3 aromatic carbocycles. The van der Waals surface area contributed by atoms with Crippen molar-refractivity contribution in [2.75, 3.05) is 18.5 Å². The summed E-state index contributed by atoms with van der Waals surface area (Å²) in [5.74, 6) is -0.0407. The van der Waals surface area contributed by atoms with Gasteiger partial charge in [0.2, 0.25) is 0 Å². The lowest BCUT2D eigenvalue weighted by molar-refractivity contribution is -0.274. The Labute approximate surface area is 192 Å². The number of aromatic amines is 1. The fourth-order valence-electron chi connectivity index (χ4n) is 3.15. The molecule has 4 rings (SSSR count). The molecule has 0 unspecified atom stereocenters. The molecule has 10 heteroatoms. The van der Waals surface area contributed by atoms with Gasteiger partial charge in [0.15, 0.2) is 5.82 Å². The van der Waals surface area contributed by atoms with E-state index in [1.165, 1.54) is 12.1 Å². The first-order valence-electron chi connectivity index (χ1n) is 10.3. The van der Waals surface area contributed by atoms with E-state index >= 15 is 0 Å². The van der Waals surface area contributed by atoms with Crippen LogP contribution in [0.15, 0.2) is 72.8 Å². The molecule has 1 aromatic heterocycles. The molecule has 0 aliphatic rings. The molecule has 0 atom stereocenters. The largest absolute Gasteiger partial charge is 0.573 e. The minimum absolute atomic E-state index is 0.154. The van der Waals surface area contributed by atoms with E-state index in [-0.39, 0.29) is 11.4 Å². The second-order valence-electron chi connectivity index (χ2n) is 7.19. The minimum atomic E-state index is -4.80. The molecule has 0 aliphatic heterocycles. The van der Waals surface area contributed by atoms with Crippen LogP contribution in [0.3, 0.4) is 0 Å². The van der Waals surface area contributed by atoms with Gasteiger partial charge in [0.05, 0.1) is 18.7 Å². The summed E-state index contributed by atoms with van der Waals surface area (Å²) in [7, 11) is 0. The summed E-state index contributed by atoms with van der Waals surface area (Å²) in [6, 6.07) is 19.7. The van der Waals surface area contributed by atoms with E-state index in [4.69, 9.17) is 9.47 Å². The number of ether oxygens (including phenoxy) is 3. The Balaban J connectivity index is 1.30. The smallest absolute Gasteiger partial charge is 0.491 e. The second kappa shape index (κ2) is 10.3. The van der Waals surface area contributed by atoms with Gasteiger partial charge in [-0.15, -0.1) is 13.2 Å². The number of aromatic nitrogens is 2. The zero-order valence-corrected chi connectivity index (χ0v) is 17.8. The van der Waals surface area contributed by atoms with E-state index < -0.39 is 18.0 Å². The third-order valence-corrected chi connectivity index (χ3v) is 4.72. The highest BCUT2D eigenvalue weighted by Crippen LogP contribution is 2.26. The highest BCUT2D eigenvalue weighted by atomic mass is 19.4. The van der Waals surface area contributed by atoms with E-state index in [9.17, 15) is 18.0 Å². The molecule has 2 N–H and O–H groups in total. The highest BCUT2D eigenvalue weighted by molar-refractivity contribution is 6.07. The summed E-state index contributed by atoms with van der Waals surface area (Å²) < 4.78 is 51.9. The van der Waals surface area contributed by atoms with E-state index in [1.54, 1.807) is 18.2 Å². The Kier molecular flexibility index (Phi) is 6.98. The van der Waals surface area contributed by atoms with Crippen LogP contribution in [0, 0.1) is 0 Å². The first-order valence-corrected chi connectivity index (χ1v) is 10.3. The molecule has 0 fully saturated rings. The Bertz CT molecular complexity index is 1240. The monoisotopic (exact) mass is 471 g/mol. The number of H-pyrrole nitrogens is 1. The Morgan fingerprint density at radius 2 is 1.68 bits per heavy atom. The van der Waals surface area contributed by atoms with Crippen LogP contribution in [0.2, 0.25) is 0 Å². The van der Waals surface area contributed by atoms with Crippen molar-refractivity contribution in [1.29, 1.82) is 0 Å². The summed E-state index contributed by atoms with van der Waals surface area (Å²) in [5.41, 5.74) is 1.88. The number of alkyl halides is 3. The van der Waals surface area contributed by atoms with E-state index in [1.807, 2.05) is 30.3 Å². The molecule has 34 heavy (non-hydrogen) atoms. The van der Waals surface area contributed by atoms with Crippen molar-refractivity contribution in [1.82, 2.24) is 10.2 Å². The van der Waals surface area contributed by atoms with E-state index in [0.717, 1.165) is 17.7 Å². The first kappa shape index (κ1) is 23.1. The molecule has 1 heterocycles. The van der Waals surface area contributed by atoms with Gasteiger partial charge in [-0.3, -0.25) is 9.89 Å². The highest BCUT2D eigenvalue weighted by Gasteiger charge is 2.31. The number of halogens is 3. The van der Waals surface area contributed by atoms with Gasteiger partial charge in [0.25, 0.3) is 5.91 Å². The molecule has 0 aliphatic carbocycles. The van der Waals surface area contributed by atoms with Gasteiger partial charge in [-0.1, -0.05) is 30.3 Å². The van der Waals surface area contributed by atoms with E-state index in [2.05, 4.69) is 20.3 Å². The summed E-state index contributed by atoms with van der Waals surface area (Å²) >= 11 is 0. The molecular weight excluding hydrogens is 451 g/mol. The summed E-state index contributed by atoms with van der Waals surface area (Å²) in [6.45, 7) is 1.29. The topological polar surface area (TPSA) is 85.5 Å². The fraction of sp³-hybridized carbons (Fsp3) is 0.167. The lowest BCUT2D eigenvalue weighted by atomic mass is 10.2. The molecule has 0 bridgehead atoms. The van der Waals surface area contributed by atoms with Crippen molar-refractivity contribution in [2.24, 2.45) is 0 Å². The van der Waals surface area contributed by atoms with Crippen LogP contribution in [-0.4, -0.2) is 35.7 Å². The molecule has 4 aromatic rings.